The Morgan fingerprint density at radius 3 is 2.35 bits per heavy atom. The van der Waals surface area contributed by atoms with Crippen LogP contribution < -0.4 is 20.9 Å². The van der Waals surface area contributed by atoms with E-state index in [1.807, 2.05) is 73.8 Å². The van der Waals surface area contributed by atoms with Crippen LogP contribution in [0.25, 0.3) is 0 Å². The van der Waals surface area contributed by atoms with Crippen LogP contribution >= 0.6 is 11.8 Å². The van der Waals surface area contributed by atoms with E-state index in [1.54, 1.807) is 17.8 Å². The van der Waals surface area contributed by atoms with Gasteiger partial charge in [0.05, 0.1) is 11.4 Å². The lowest BCUT2D eigenvalue weighted by Gasteiger charge is -2.31. The minimum Gasteiger partial charge on any atom is -0.370 e. The fourth-order valence-electron chi connectivity index (χ4n) is 4.10. The van der Waals surface area contributed by atoms with Gasteiger partial charge in [0.1, 0.15) is 0 Å². The average molecular weight is 475 g/mol. The van der Waals surface area contributed by atoms with Crippen molar-refractivity contribution >= 4 is 46.4 Å². The normalized spacial score (nSPS) is 13.3. The van der Waals surface area contributed by atoms with Gasteiger partial charge in [-0.1, -0.05) is 23.8 Å². The molecule has 1 saturated heterocycles. The number of rotatable bonds is 6. The molecule has 3 aromatic carbocycles. The third-order valence-corrected chi connectivity index (χ3v) is 6.53. The van der Waals surface area contributed by atoms with Crippen LogP contribution in [0.15, 0.2) is 71.6 Å². The standard InChI is InChI=1S/C27H30N4O2S/c1-19-8-6-9-20(16-19)26(32)28-22-12-13-25(31-14-4-3-5-15-31)24(18-22)30-27(33)29-21-10-7-11-23(17-21)34-2/h6-13,16-18H,3-5,14-15H2,1-2H3,(H,28,32)(H2,29,30,33). The van der Waals surface area contributed by atoms with Gasteiger partial charge in [0.25, 0.3) is 5.91 Å². The molecule has 6 nitrogen and oxygen atoms in total. The summed E-state index contributed by atoms with van der Waals surface area (Å²) in [6.07, 6.45) is 5.47. The number of amides is 3. The highest BCUT2D eigenvalue weighted by Crippen LogP contribution is 2.32. The molecule has 0 aliphatic carbocycles. The van der Waals surface area contributed by atoms with E-state index in [0.717, 1.165) is 47.8 Å². The zero-order valence-electron chi connectivity index (χ0n) is 19.6. The van der Waals surface area contributed by atoms with Gasteiger partial charge in [-0.25, -0.2) is 4.79 Å². The largest absolute Gasteiger partial charge is 0.370 e. The van der Waals surface area contributed by atoms with Crippen LogP contribution in [-0.2, 0) is 0 Å². The van der Waals surface area contributed by atoms with E-state index < -0.39 is 0 Å². The summed E-state index contributed by atoms with van der Waals surface area (Å²) >= 11 is 1.62. The first-order chi connectivity index (χ1) is 16.5. The van der Waals surface area contributed by atoms with E-state index in [1.165, 1.54) is 6.42 Å². The van der Waals surface area contributed by atoms with Crippen LogP contribution in [0.1, 0.15) is 35.2 Å². The van der Waals surface area contributed by atoms with Crippen molar-refractivity contribution in [3.8, 4) is 0 Å². The van der Waals surface area contributed by atoms with Gasteiger partial charge < -0.3 is 20.9 Å². The van der Waals surface area contributed by atoms with Crippen LogP contribution in [0.5, 0.6) is 0 Å². The molecular weight excluding hydrogens is 444 g/mol. The third-order valence-electron chi connectivity index (χ3n) is 5.81. The summed E-state index contributed by atoms with van der Waals surface area (Å²) in [5.41, 5.74) is 4.61. The van der Waals surface area contributed by atoms with Gasteiger partial charge in [0.2, 0.25) is 0 Å². The number of carbonyl (C=O) groups excluding carboxylic acids is 2. The topological polar surface area (TPSA) is 73.5 Å². The van der Waals surface area contributed by atoms with Crippen molar-refractivity contribution in [1.29, 1.82) is 0 Å². The number of carbonyl (C=O) groups is 2. The van der Waals surface area contributed by atoms with Gasteiger partial charge in [-0.3, -0.25) is 4.79 Å². The number of hydrogen-bond acceptors (Lipinski definition) is 4. The summed E-state index contributed by atoms with van der Waals surface area (Å²) in [5, 5.41) is 8.89. The second-order valence-corrected chi connectivity index (χ2v) is 9.29. The van der Waals surface area contributed by atoms with Gasteiger partial charge >= 0.3 is 6.03 Å². The Bertz CT molecular complexity index is 1170. The van der Waals surface area contributed by atoms with Crippen molar-refractivity contribution in [2.24, 2.45) is 0 Å². The summed E-state index contributed by atoms with van der Waals surface area (Å²) < 4.78 is 0. The number of urea groups is 1. The highest BCUT2D eigenvalue weighted by molar-refractivity contribution is 7.98. The Labute approximate surface area is 205 Å². The Hall–Kier alpha value is -3.45. The number of benzene rings is 3. The Balaban J connectivity index is 1.55. The number of nitrogens with zero attached hydrogens (tertiary/aromatic N) is 1. The maximum absolute atomic E-state index is 12.9. The van der Waals surface area contributed by atoms with Crippen LogP contribution in [0.4, 0.5) is 27.5 Å². The van der Waals surface area contributed by atoms with Gasteiger partial charge in [-0.15, -0.1) is 11.8 Å². The Morgan fingerprint density at radius 1 is 0.824 bits per heavy atom. The number of hydrogen-bond donors (Lipinski definition) is 3. The average Bonchev–Trinajstić information content (AvgIpc) is 2.85. The molecule has 1 aliphatic heterocycles. The van der Waals surface area contributed by atoms with Crippen LogP contribution in [0.3, 0.4) is 0 Å². The smallest absolute Gasteiger partial charge is 0.323 e. The molecule has 3 amide bonds. The molecule has 1 fully saturated rings. The molecule has 1 heterocycles. The molecule has 0 bridgehead atoms. The first-order valence-electron chi connectivity index (χ1n) is 11.5. The number of aryl methyl sites for hydroxylation is 1. The highest BCUT2D eigenvalue weighted by Gasteiger charge is 2.17. The summed E-state index contributed by atoms with van der Waals surface area (Å²) in [6, 6.07) is 20.6. The Kier molecular flexibility index (Phi) is 7.75. The van der Waals surface area contributed by atoms with Crippen LogP contribution in [0.2, 0.25) is 0 Å². The van der Waals surface area contributed by atoms with E-state index >= 15 is 0 Å². The van der Waals surface area contributed by atoms with Crippen molar-refractivity contribution in [3.63, 3.8) is 0 Å². The minimum absolute atomic E-state index is 0.182. The van der Waals surface area contributed by atoms with Gasteiger partial charge in [-0.05, 0) is 81.0 Å². The Morgan fingerprint density at radius 2 is 1.59 bits per heavy atom. The van der Waals surface area contributed by atoms with Crippen molar-refractivity contribution in [2.75, 3.05) is 40.2 Å². The molecule has 1 aliphatic rings. The van der Waals surface area contributed by atoms with E-state index in [2.05, 4.69) is 20.9 Å². The molecular formula is C27H30N4O2S. The predicted molar refractivity (Wildman–Crippen MR) is 143 cm³/mol. The molecule has 0 spiro atoms. The first-order valence-corrected chi connectivity index (χ1v) is 12.7. The zero-order chi connectivity index (χ0) is 23.9. The predicted octanol–water partition coefficient (Wildman–Crippen LogP) is 6.60. The number of anilines is 4. The lowest BCUT2D eigenvalue weighted by Crippen LogP contribution is -2.31. The number of piperidine rings is 1. The van der Waals surface area contributed by atoms with Crippen molar-refractivity contribution < 1.29 is 9.59 Å². The molecule has 0 saturated carbocycles. The lowest BCUT2D eigenvalue weighted by molar-refractivity contribution is 0.102. The minimum atomic E-state index is -0.321. The molecule has 0 radical (unpaired) electrons. The lowest BCUT2D eigenvalue weighted by atomic mass is 10.1. The molecule has 34 heavy (non-hydrogen) atoms. The molecule has 4 rings (SSSR count). The van der Waals surface area contributed by atoms with Crippen molar-refractivity contribution in [1.82, 2.24) is 0 Å². The fraction of sp³-hybridized carbons (Fsp3) is 0.259. The molecule has 7 heteroatoms. The summed E-state index contributed by atoms with van der Waals surface area (Å²) in [6.45, 7) is 3.85. The van der Waals surface area contributed by atoms with Crippen LogP contribution in [-0.4, -0.2) is 31.3 Å². The summed E-state index contributed by atoms with van der Waals surface area (Å²) in [5.74, 6) is -0.182. The van der Waals surface area contributed by atoms with Gasteiger partial charge in [-0.2, -0.15) is 0 Å². The maximum Gasteiger partial charge on any atom is 0.323 e. The van der Waals surface area contributed by atoms with E-state index in [9.17, 15) is 9.59 Å². The van der Waals surface area contributed by atoms with E-state index in [4.69, 9.17) is 0 Å². The quantitative estimate of drug-likeness (QED) is 0.352. The first kappa shape index (κ1) is 23.7. The van der Waals surface area contributed by atoms with E-state index in [-0.39, 0.29) is 11.9 Å². The maximum atomic E-state index is 12.9. The van der Waals surface area contributed by atoms with Gasteiger partial charge in [0, 0.05) is 34.9 Å². The second-order valence-electron chi connectivity index (χ2n) is 8.41. The van der Waals surface area contributed by atoms with Gasteiger partial charge in [0.15, 0.2) is 0 Å². The molecule has 0 aromatic heterocycles. The molecule has 3 aromatic rings. The van der Waals surface area contributed by atoms with Crippen molar-refractivity contribution in [3.05, 3.63) is 77.9 Å². The fourth-order valence-corrected chi connectivity index (χ4v) is 4.56. The van der Waals surface area contributed by atoms with Crippen molar-refractivity contribution in [2.45, 2.75) is 31.1 Å². The monoisotopic (exact) mass is 474 g/mol. The number of nitrogens with one attached hydrogen (secondary N) is 3. The molecule has 0 unspecified atom stereocenters. The zero-order valence-corrected chi connectivity index (χ0v) is 20.4. The summed E-state index contributed by atoms with van der Waals surface area (Å²) in [4.78, 5) is 29.0. The van der Waals surface area contributed by atoms with E-state index in [0.29, 0.717) is 16.9 Å². The summed E-state index contributed by atoms with van der Waals surface area (Å²) in [7, 11) is 0. The molecule has 3 N–H and O–H groups in total. The SMILES string of the molecule is CSc1cccc(NC(=O)Nc2cc(NC(=O)c3cccc(C)c3)ccc2N2CCCCC2)c1. The second kappa shape index (κ2) is 11.1. The third kappa shape index (κ3) is 6.11. The highest BCUT2D eigenvalue weighted by atomic mass is 32.2. The molecule has 0 atom stereocenters. The molecule has 176 valence electrons. The van der Waals surface area contributed by atoms with Crippen LogP contribution in [0, 0.1) is 6.92 Å². The number of thioether (sulfide) groups is 1.